The number of halogens is 3. The first kappa shape index (κ1) is 20.4. The van der Waals surface area contributed by atoms with Gasteiger partial charge in [0.15, 0.2) is 5.78 Å². The Hall–Kier alpha value is -3.88. The van der Waals surface area contributed by atoms with E-state index in [1.54, 1.807) is 36.2 Å². The van der Waals surface area contributed by atoms with Gasteiger partial charge in [0.05, 0.1) is 17.8 Å². The van der Waals surface area contributed by atoms with Crippen LogP contribution in [0.4, 0.5) is 18.9 Å². The molecule has 9 heteroatoms. The van der Waals surface area contributed by atoms with Gasteiger partial charge in [0.25, 0.3) is 5.91 Å². The van der Waals surface area contributed by atoms with Gasteiger partial charge in [-0.05, 0) is 36.4 Å². The minimum Gasteiger partial charge on any atom is -0.320 e. The third kappa shape index (κ3) is 4.20. The number of benzene rings is 2. The van der Waals surface area contributed by atoms with Gasteiger partial charge in [0.2, 0.25) is 0 Å². The van der Waals surface area contributed by atoms with E-state index in [2.05, 4.69) is 10.4 Å². The van der Waals surface area contributed by atoms with Crippen molar-refractivity contribution in [3.05, 3.63) is 83.8 Å². The lowest BCUT2D eigenvalue weighted by Crippen LogP contribution is -2.33. The number of hydrogen-bond donors (Lipinski definition) is 1. The van der Waals surface area contributed by atoms with E-state index in [-0.39, 0.29) is 35.0 Å². The van der Waals surface area contributed by atoms with Crippen LogP contribution in [0.25, 0.3) is 11.3 Å². The quantitative estimate of drug-likeness (QED) is 0.690. The molecule has 0 saturated carbocycles. The van der Waals surface area contributed by atoms with Crippen LogP contribution < -0.4 is 10.2 Å². The largest absolute Gasteiger partial charge is 0.417 e. The number of aromatic nitrogens is 2. The van der Waals surface area contributed by atoms with E-state index in [1.165, 1.54) is 23.0 Å². The van der Waals surface area contributed by atoms with Crippen molar-refractivity contribution < 1.29 is 22.8 Å². The first-order valence-electron chi connectivity index (χ1n) is 9.32. The Morgan fingerprint density at radius 3 is 2.48 bits per heavy atom. The molecule has 6 nitrogen and oxygen atoms in total. The minimum atomic E-state index is -4.60. The van der Waals surface area contributed by atoms with Crippen molar-refractivity contribution in [3.8, 4) is 11.3 Å². The van der Waals surface area contributed by atoms with Gasteiger partial charge in [-0.15, -0.1) is 0 Å². The van der Waals surface area contributed by atoms with Crippen LogP contribution in [0.5, 0.6) is 0 Å². The average molecular weight is 426 g/mol. The maximum Gasteiger partial charge on any atom is 0.417 e. The molecule has 0 atom stereocenters. The number of nitrogens with zero attached hydrogens (tertiary/aromatic N) is 3. The lowest BCUT2D eigenvalue weighted by atomic mass is 10.0. The summed E-state index contributed by atoms with van der Waals surface area (Å²) >= 11 is 0. The third-order valence-corrected chi connectivity index (χ3v) is 4.79. The van der Waals surface area contributed by atoms with Gasteiger partial charge in [0.1, 0.15) is 5.82 Å². The summed E-state index contributed by atoms with van der Waals surface area (Å²) in [6, 6.07) is 13.6. The van der Waals surface area contributed by atoms with Crippen LogP contribution in [0.3, 0.4) is 0 Å². The number of ketones is 1. The van der Waals surface area contributed by atoms with E-state index < -0.39 is 17.6 Å². The Balaban J connectivity index is 1.66. The van der Waals surface area contributed by atoms with Crippen molar-refractivity contribution in [1.82, 2.24) is 15.1 Å². The minimum absolute atomic E-state index is 0.0157. The van der Waals surface area contributed by atoms with Crippen LogP contribution in [0.1, 0.15) is 15.9 Å². The second-order valence-electron chi connectivity index (χ2n) is 7.00. The molecule has 4 rings (SSSR count). The molecule has 1 aliphatic rings. The molecule has 0 radical (unpaired) electrons. The molecule has 1 aromatic heterocycles. The van der Waals surface area contributed by atoms with Crippen molar-refractivity contribution in [3.63, 3.8) is 0 Å². The second kappa shape index (κ2) is 7.75. The number of carbonyl (C=O) groups excluding carboxylic acids is 2. The van der Waals surface area contributed by atoms with Crippen molar-refractivity contribution in [1.29, 1.82) is 0 Å². The van der Waals surface area contributed by atoms with Crippen LogP contribution in [-0.2, 0) is 18.0 Å². The maximum absolute atomic E-state index is 13.5. The molecular weight excluding hydrogens is 409 g/mol. The van der Waals surface area contributed by atoms with E-state index in [0.29, 0.717) is 5.69 Å². The van der Waals surface area contributed by atoms with Crippen LogP contribution in [-0.4, -0.2) is 28.0 Å². The molecule has 0 saturated heterocycles. The monoisotopic (exact) mass is 426 g/mol. The molecule has 2 aromatic carbocycles. The highest BCUT2D eigenvalue weighted by atomic mass is 19.4. The van der Waals surface area contributed by atoms with Crippen LogP contribution in [0.15, 0.2) is 72.7 Å². The zero-order chi connectivity index (χ0) is 22.2. The molecule has 3 aromatic rings. The van der Waals surface area contributed by atoms with Gasteiger partial charge in [0, 0.05) is 36.1 Å². The van der Waals surface area contributed by atoms with Crippen molar-refractivity contribution in [2.75, 3.05) is 11.4 Å². The fraction of sp³-hybridized carbons (Fsp3) is 0.136. The maximum atomic E-state index is 13.5. The van der Waals surface area contributed by atoms with Gasteiger partial charge in [-0.2, -0.15) is 18.3 Å². The zero-order valence-corrected chi connectivity index (χ0v) is 16.3. The first-order valence-corrected chi connectivity index (χ1v) is 9.32. The summed E-state index contributed by atoms with van der Waals surface area (Å²) in [5.41, 5.74) is -0.255. The number of rotatable bonds is 4. The third-order valence-electron chi connectivity index (χ3n) is 4.79. The molecule has 0 bridgehead atoms. The first-order chi connectivity index (χ1) is 14.7. The standard InChI is InChI=1S/C22H17F3N4O2/c1-28-10-9-19(27-28)17-11-14(7-8-18(17)22(23,24)25)21(31)26-20-12-16(30)13-29(20)15-5-3-2-4-6-15/h2-12H,13H2,1H3,(H,26,31). The van der Waals surface area contributed by atoms with Crippen molar-refractivity contribution in [2.24, 2.45) is 7.05 Å². The molecule has 31 heavy (non-hydrogen) atoms. The molecule has 0 unspecified atom stereocenters. The van der Waals surface area contributed by atoms with E-state index in [1.807, 2.05) is 6.07 Å². The summed E-state index contributed by atoms with van der Waals surface area (Å²) in [4.78, 5) is 26.4. The topological polar surface area (TPSA) is 67.2 Å². The number of aryl methyl sites for hydroxylation is 1. The number of alkyl halides is 3. The van der Waals surface area contributed by atoms with Crippen molar-refractivity contribution in [2.45, 2.75) is 6.18 Å². The van der Waals surface area contributed by atoms with Gasteiger partial charge >= 0.3 is 6.18 Å². The number of carbonyl (C=O) groups is 2. The summed E-state index contributed by atoms with van der Waals surface area (Å²) in [5, 5.41) is 6.68. The molecular formula is C22H17F3N4O2. The molecule has 1 amide bonds. The lowest BCUT2D eigenvalue weighted by Gasteiger charge is -2.22. The molecule has 0 spiro atoms. The van der Waals surface area contributed by atoms with E-state index >= 15 is 0 Å². The number of amides is 1. The summed E-state index contributed by atoms with van der Waals surface area (Å²) in [6.45, 7) is 0.0613. The second-order valence-corrected chi connectivity index (χ2v) is 7.00. The van der Waals surface area contributed by atoms with Gasteiger partial charge < -0.3 is 10.2 Å². The summed E-state index contributed by atoms with van der Waals surface area (Å²) in [7, 11) is 1.59. The van der Waals surface area contributed by atoms with Crippen LogP contribution >= 0.6 is 0 Å². The highest BCUT2D eigenvalue weighted by Crippen LogP contribution is 2.37. The molecule has 1 aliphatic heterocycles. The fourth-order valence-corrected chi connectivity index (χ4v) is 3.35. The Kier molecular flexibility index (Phi) is 5.10. The zero-order valence-electron chi connectivity index (χ0n) is 16.3. The predicted molar refractivity (Wildman–Crippen MR) is 108 cm³/mol. The average Bonchev–Trinajstić information content (AvgIpc) is 3.33. The Bertz CT molecular complexity index is 1180. The summed E-state index contributed by atoms with van der Waals surface area (Å²) < 4.78 is 41.9. The smallest absolute Gasteiger partial charge is 0.320 e. The number of para-hydroxylation sites is 1. The highest BCUT2D eigenvalue weighted by Gasteiger charge is 2.35. The molecule has 2 heterocycles. The van der Waals surface area contributed by atoms with E-state index in [9.17, 15) is 22.8 Å². The predicted octanol–water partition coefficient (Wildman–Crippen LogP) is 3.77. The van der Waals surface area contributed by atoms with E-state index in [0.717, 1.165) is 18.2 Å². The summed E-state index contributed by atoms with van der Waals surface area (Å²) in [5.74, 6) is -0.561. The SMILES string of the molecule is Cn1ccc(-c2cc(C(=O)NC3=CC(=O)CN3c3ccccc3)ccc2C(F)(F)F)n1. The summed E-state index contributed by atoms with van der Waals surface area (Å²) in [6.07, 6.45) is -1.78. The molecule has 0 fully saturated rings. The van der Waals surface area contributed by atoms with Gasteiger partial charge in [-0.1, -0.05) is 18.2 Å². The fourth-order valence-electron chi connectivity index (χ4n) is 3.35. The normalized spacial score (nSPS) is 14.0. The number of hydrogen-bond acceptors (Lipinski definition) is 4. The number of nitrogens with one attached hydrogen (secondary N) is 1. The Labute approximate surface area is 175 Å². The van der Waals surface area contributed by atoms with Crippen LogP contribution in [0.2, 0.25) is 0 Å². The van der Waals surface area contributed by atoms with Gasteiger partial charge in [-0.25, -0.2) is 0 Å². The molecule has 158 valence electrons. The van der Waals surface area contributed by atoms with Crippen molar-refractivity contribution >= 4 is 17.4 Å². The number of anilines is 1. The molecule has 0 aliphatic carbocycles. The lowest BCUT2D eigenvalue weighted by molar-refractivity contribution is -0.137. The van der Waals surface area contributed by atoms with Gasteiger partial charge in [-0.3, -0.25) is 14.3 Å². The highest BCUT2D eigenvalue weighted by molar-refractivity contribution is 6.02. The van der Waals surface area contributed by atoms with E-state index in [4.69, 9.17) is 0 Å². The van der Waals surface area contributed by atoms with Crippen LogP contribution in [0, 0.1) is 0 Å². The Morgan fingerprint density at radius 1 is 1.10 bits per heavy atom. The Morgan fingerprint density at radius 2 is 1.84 bits per heavy atom. The molecule has 1 N–H and O–H groups in total.